The van der Waals surface area contributed by atoms with E-state index >= 15 is 0 Å². The molecule has 102 valence electrons. The van der Waals surface area contributed by atoms with Crippen molar-refractivity contribution in [1.29, 1.82) is 0 Å². The molecule has 1 aliphatic rings. The quantitative estimate of drug-likeness (QED) is 0.696. The van der Waals surface area contributed by atoms with E-state index in [-0.39, 0.29) is 24.9 Å². The summed E-state index contributed by atoms with van der Waals surface area (Å²) in [6.45, 7) is 1.66. The second-order valence-electron chi connectivity index (χ2n) is 4.35. The van der Waals surface area contributed by atoms with Crippen molar-refractivity contribution >= 4 is 34.8 Å². The lowest BCUT2D eigenvalue weighted by atomic mass is 10.2. The van der Waals surface area contributed by atoms with E-state index in [1.165, 1.54) is 0 Å². The third kappa shape index (κ3) is 3.84. The van der Waals surface area contributed by atoms with Gasteiger partial charge in [0.25, 0.3) is 0 Å². The molecule has 6 nitrogen and oxygen atoms in total. The van der Waals surface area contributed by atoms with Crippen LogP contribution in [-0.2, 0) is 9.59 Å². The monoisotopic (exact) mass is 282 g/mol. The van der Waals surface area contributed by atoms with Crippen LogP contribution in [0.1, 0.15) is 0 Å². The van der Waals surface area contributed by atoms with Crippen LogP contribution < -0.4 is 16.4 Å². The summed E-state index contributed by atoms with van der Waals surface area (Å²) in [4.78, 5) is 24.8. The number of piperazine rings is 1. The molecule has 2 rings (SSSR count). The third-order valence-electron chi connectivity index (χ3n) is 2.76. The molecule has 0 atom stereocenters. The number of nitrogens with zero attached hydrogens (tertiary/aromatic N) is 1. The molecule has 0 spiro atoms. The van der Waals surface area contributed by atoms with E-state index in [1.807, 2.05) is 0 Å². The van der Waals surface area contributed by atoms with Crippen LogP contribution in [0, 0.1) is 0 Å². The van der Waals surface area contributed by atoms with E-state index in [2.05, 4.69) is 10.6 Å². The molecule has 1 fully saturated rings. The first-order valence-corrected chi connectivity index (χ1v) is 6.26. The first-order chi connectivity index (χ1) is 9.04. The van der Waals surface area contributed by atoms with Gasteiger partial charge in [0.15, 0.2) is 0 Å². The highest BCUT2D eigenvalue weighted by Crippen LogP contribution is 2.22. The van der Waals surface area contributed by atoms with Gasteiger partial charge in [0.05, 0.1) is 23.8 Å². The molecule has 1 heterocycles. The number of rotatable bonds is 3. The van der Waals surface area contributed by atoms with Gasteiger partial charge in [-0.1, -0.05) is 11.6 Å². The molecule has 1 aromatic rings. The third-order valence-corrected chi connectivity index (χ3v) is 3.11. The Balaban J connectivity index is 1.90. The van der Waals surface area contributed by atoms with Gasteiger partial charge < -0.3 is 16.4 Å². The smallest absolute Gasteiger partial charge is 0.238 e. The number of amides is 2. The van der Waals surface area contributed by atoms with Gasteiger partial charge >= 0.3 is 0 Å². The number of benzene rings is 1. The topological polar surface area (TPSA) is 87.5 Å². The van der Waals surface area contributed by atoms with E-state index in [4.69, 9.17) is 17.3 Å². The zero-order chi connectivity index (χ0) is 13.8. The fourth-order valence-electron chi connectivity index (χ4n) is 1.85. The Morgan fingerprint density at radius 2 is 2.32 bits per heavy atom. The molecular formula is C12H15ClN4O2. The number of nitrogens with two attached hydrogens (primary N) is 1. The molecule has 0 radical (unpaired) electrons. The average Bonchev–Trinajstić information content (AvgIpc) is 2.34. The van der Waals surface area contributed by atoms with Crippen molar-refractivity contribution in [2.45, 2.75) is 0 Å². The molecule has 0 aromatic heterocycles. The van der Waals surface area contributed by atoms with E-state index in [0.717, 1.165) is 0 Å². The van der Waals surface area contributed by atoms with Crippen molar-refractivity contribution in [3.8, 4) is 0 Å². The minimum absolute atomic E-state index is 0.0604. The largest absolute Gasteiger partial charge is 0.397 e. The summed E-state index contributed by atoms with van der Waals surface area (Å²) in [5, 5.41) is 5.88. The Morgan fingerprint density at radius 1 is 1.53 bits per heavy atom. The minimum Gasteiger partial charge on any atom is -0.397 e. The van der Waals surface area contributed by atoms with Gasteiger partial charge in [0, 0.05) is 18.8 Å². The molecule has 1 aliphatic heterocycles. The number of anilines is 2. The fourth-order valence-corrected chi connectivity index (χ4v) is 1.97. The van der Waals surface area contributed by atoms with Crippen molar-refractivity contribution in [1.82, 2.24) is 10.2 Å². The van der Waals surface area contributed by atoms with E-state index in [9.17, 15) is 9.59 Å². The Hall–Kier alpha value is -1.79. The zero-order valence-electron chi connectivity index (χ0n) is 10.3. The molecule has 4 N–H and O–H groups in total. The standard InChI is InChI=1S/C12H15ClN4O2/c13-9-2-1-8(5-10(9)14)16-12(19)7-17-4-3-15-11(18)6-17/h1-2,5H,3-4,6-7,14H2,(H,15,18)(H,16,19). The number of nitrogen functional groups attached to an aromatic ring is 1. The highest BCUT2D eigenvalue weighted by molar-refractivity contribution is 6.33. The van der Waals surface area contributed by atoms with Gasteiger partial charge in [0.1, 0.15) is 0 Å². The maximum absolute atomic E-state index is 11.8. The van der Waals surface area contributed by atoms with Crippen molar-refractivity contribution in [3.05, 3.63) is 23.2 Å². The van der Waals surface area contributed by atoms with Crippen LogP contribution >= 0.6 is 11.6 Å². The number of hydrogen-bond acceptors (Lipinski definition) is 4. The summed E-state index contributed by atoms with van der Waals surface area (Å²) >= 11 is 5.80. The molecule has 19 heavy (non-hydrogen) atoms. The Kier molecular flexibility index (Phi) is 4.24. The molecule has 0 aliphatic carbocycles. The lowest BCUT2D eigenvalue weighted by Crippen LogP contribution is -2.49. The van der Waals surface area contributed by atoms with Crippen LogP contribution in [0.25, 0.3) is 0 Å². The van der Waals surface area contributed by atoms with E-state index in [1.54, 1.807) is 23.1 Å². The minimum atomic E-state index is -0.184. The second kappa shape index (κ2) is 5.90. The van der Waals surface area contributed by atoms with Gasteiger partial charge in [0.2, 0.25) is 11.8 Å². The lowest BCUT2D eigenvalue weighted by Gasteiger charge is -2.25. The van der Waals surface area contributed by atoms with Gasteiger partial charge in [-0.15, -0.1) is 0 Å². The molecule has 0 saturated carbocycles. The lowest BCUT2D eigenvalue weighted by molar-refractivity contribution is -0.125. The summed E-state index contributed by atoms with van der Waals surface area (Å²) in [5.74, 6) is -0.244. The molecule has 2 amide bonds. The first kappa shape index (κ1) is 13.6. The summed E-state index contributed by atoms with van der Waals surface area (Å²) in [6, 6.07) is 4.91. The predicted octanol–water partition coefficient (Wildman–Crippen LogP) is 0.293. The first-order valence-electron chi connectivity index (χ1n) is 5.88. The Labute approximate surface area is 115 Å². The van der Waals surface area contributed by atoms with Crippen LogP contribution in [0.3, 0.4) is 0 Å². The molecule has 0 bridgehead atoms. The van der Waals surface area contributed by atoms with E-state index in [0.29, 0.717) is 29.5 Å². The number of hydrogen-bond donors (Lipinski definition) is 3. The van der Waals surface area contributed by atoms with Gasteiger partial charge in [-0.25, -0.2) is 0 Å². The SMILES string of the molecule is Nc1cc(NC(=O)CN2CCNC(=O)C2)ccc1Cl. The molecule has 1 aromatic carbocycles. The van der Waals surface area contributed by atoms with Crippen LogP contribution in [0.5, 0.6) is 0 Å². The fraction of sp³-hybridized carbons (Fsp3) is 0.333. The maximum Gasteiger partial charge on any atom is 0.238 e. The highest BCUT2D eigenvalue weighted by Gasteiger charge is 2.18. The van der Waals surface area contributed by atoms with Crippen LogP contribution in [0.4, 0.5) is 11.4 Å². The normalized spacial score (nSPS) is 15.9. The molecule has 7 heteroatoms. The van der Waals surface area contributed by atoms with Crippen LogP contribution in [0.15, 0.2) is 18.2 Å². The van der Waals surface area contributed by atoms with Crippen LogP contribution in [0.2, 0.25) is 5.02 Å². The molecule has 1 saturated heterocycles. The summed E-state index contributed by atoms with van der Waals surface area (Å²) in [5.41, 5.74) is 6.66. The second-order valence-corrected chi connectivity index (χ2v) is 4.75. The number of halogens is 1. The Morgan fingerprint density at radius 3 is 3.00 bits per heavy atom. The van der Waals surface area contributed by atoms with Crippen molar-refractivity contribution < 1.29 is 9.59 Å². The summed E-state index contributed by atoms with van der Waals surface area (Å²) in [6.07, 6.45) is 0. The molecule has 0 unspecified atom stereocenters. The maximum atomic E-state index is 11.8. The molecular weight excluding hydrogens is 268 g/mol. The van der Waals surface area contributed by atoms with Gasteiger partial charge in [-0.05, 0) is 18.2 Å². The van der Waals surface area contributed by atoms with Gasteiger partial charge in [-0.3, -0.25) is 14.5 Å². The number of nitrogens with one attached hydrogen (secondary N) is 2. The van der Waals surface area contributed by atoms with Gasteiger partial charge in [-0.2, -0.15) is 0 Å². The van der Waals surface area contributed by atoms with E-state index < -0.39 is 0 Å². The summed E-state index contributed by atoms with van der Waals surface area (Å²) in [7, 11) is 0. The van der Waals surface area contributed by atoms with Crippen molar-refractivity contribution in [2.24, 2.45) is 0 Å². The van der Waals surface area contributed by atoms with Crippen LogP contribution in [-0.4, -0.2) is 42.9 Å². The number of carbonyl (C=O) groups is 2. The summed E-state index contributed by atoms with van der Waals surface area (Å²) < 4.78 is 0. The number of carbonyl (C=O) groups excluding carboxylic acids is 2. The predicted molar refractivity (Wildman–Crippen MR) is 73.9 cm³/mol. The zero-order valence-corrected chi connectivity index (χ0v) is 11.0. The van der Waals surface area contributed by atoms with Crippen molar-refractivity contribution in [3.63, 3.8) is 0 Å². The highest BCUT2D eigenvalue weighted by atomic mass is 35.5. The van der Waals surface area contributed by atoms with Crippen molar-refractivity contribution in [2.75, 3.05) is 37.2 Å². The average molecular weight is 283 g/mol. The Bertz CT molecular complexity index is 507.